The Morgan fingerprint density at radius 2 is 1.37 bits per heavy atom. The number of nitrogens with zero attached hydrogens (tertiary/aromatic N) is 8. The fourth-order valence-corrected chi connectivity index (χ4v) is 5.78. The number of carbonyl (C=O) groups excluding carboxylic acids is 3. The van der Waals surface area contributed by atoms with Gasteiger partial charge < -0.3 is 19.6 Å². The second kappa shape index (κ2) is 13.5. The van der Waals surface area contributed by atoms with E-state index in [4.69, 9.17) is 15.5 Å². The minimum atomic E-state index is -0.579. The molecule has 252 valence electrons. The van der Waals surface area contributed by atoms with Gasteiger partial charge in [0.15, 0.2) is 0 Å². The molecule has 0 aliphatic heterocycles. The van der Waals surface area contributed by atoms with E-state index < -0.39 is 5.91 Å². The van der Waals surface area contributed by atoms with E-state index in [1.54, 1.807) is 46.8 Å². The van der Waals surface area contributed by atoms with Gasteiger partial charge in [0.25, 0.3) is 11.8 Å². The largest absolute Gasteiger partial charge is 0.494 e. The molecule has 0 spiro atoms. The number of nitrogens with two attached hydrogens (primary N) is 1. The first kappa shape index (κ1) is 32.7. The summed E-state index contributed by atoms with van der Waals surface area (Å²) in [6.07, 6.45) is 3.84. The Morgan fingerprint density at radius 1 is 0.796 bits per heavy atom. The van der Waals surface area contributed by atoms with E-state index in [0.717, 1.165) is 11.4 Å². The normalized spacial score (nSPS) is 11.5. The standard InChI is InChI=1S/C34H37N11O4/c1-6-44-26(17-20(3)40-44)31(47)38-33-37-24-19-22(30(35)46)13-14-25(24)42(33)15-8-9-16-43-29-23(11-10-12-28(29)49-5)36-34(43)39-32(48)27-18-21(4)41-45(27)7-2/h8-14,17-19H,6-7,15-16H2,1-5H3,(H2,35,46)(H,36,39,48)(H,37,38,47)/b9-8+. The van der Waals surface area contributed by atoms with Gasteiger partial charge in [-0.1, -0.05) is 18.2 Å². The number of benzene rings is 2. The number of methoxy groups -OCH3 is 1. The number of rotatable bonds is 12. The van der Waals surface area contributed by atoms with Crippen molar-refractivity contribution in [3.05, 3.63) is 89.0 Å². The summed E-state index contributed by atoms with van der Waals surface area (Å²) in [5, 5.41) is 14.7. The van der Waals surface area contributed by atoms with E-state index in [0.29, 0.717) is 82.8 Å². The van der Waals surface area contributed by atoms with Crippen LogP contribution in [0.4, 0.5) is 11.9 Å². The molecule has 0 bridgehead atoms. The highest BCUT2D eigenvalue weighted by atomic mass is 16.5. The minimum Gasteiger partial charge on any atom is -0.494 e. The lowest BCUT2D eigenvalue weighted by Gasteiger charge is -2.11. The van der Waals surface area contributed by atoms with Crippen molar-refractivity contribution in [1.29, 1.82) is 0 Å². The summed E-state index contributed by atoms with van der Waals surface area (Å²) >= 11 is 0. The first-order valence-corrected chi connectivity index (χ1v) is 15.8. The number of fused-ring (bicyclic) bond motifs is 2. The number of hydrogen-bond acceptors (Lipinski definition) is 8. The van der Waals surface area contributed by atoms with Gasteiger partial charge in [-0.15, -0.1) is 0 Å². The van der Waals surface area contributed by atoms with Crippen LogP contribution < -0.4 is 21.1 Å². The maximum absolute atomic E-state index is 13.4. The smallest absolute Gasteiger partial charge is 0.276 e. The van der Waals surface area contributed by atoms with Gasteiger partial charge in [-0.2, -0.15) is 10.2 Å². The number of hydrogen-bond donors (Lipinski definition) is 3. The predicted octanol–water partition coefficient (Wildman–Crippen LogP) is 4.30. The zero-order chi connectivity index (χ0) is 34.8. The number of amides is 3. The van der Waals surface area contributed by atoms with E-state index in [-0.39, 0.29) is 11.8 Å². The molecular weight excluding hydrogens is 626 g/mol. The number of anilines is 2. The molecule has 4 heterocycles. The molecule has 4 aromatic heterocycles. The van der Waals surface area contributed by atoms with Gasteiger partial charge in [-0.05, 0) is 70.2 Å². The zero-order valence-corrected chi connectivity index (χ0v) is 27.9. The third-order valence-electron chi connectivity index (χ3n) is 8.04. The maximum Gasteiger partial charge on any atom is 0.276 e. The average molecular weight is 664 g/mol. The SMILES string of the molecule is CCn1nc(C)cc1C(=O)Nc1nc2cc(C(N)=O)ccc2n1C/C=C/Cn1c(NC(=O)c2cc(C)nn2CC)nc2cccc(OC)c21. The third-order valence-corrected chi connectivity index (χ3v) is 8.04. The van der Waals surface area contributed by atoms with Crippen molar-refractivity contribution < 1.29 is 19.1 Å². The number of ether oxygens (including phenoxy) is 1. The molecular formula is C34H37N11O4. The zero-order valence-electron chi connectivity index (χ0n) is 27.9. The molecule has 15 heteroatoms. The number of imidazole rings is 2. The molecule has 4 N–H and O–H groups in total. The van der Waals surface area contributed by atoms with Crippen molar-refractivity contribution >= 4 is 51.7 Å². The van der Waals surface area contributed by atoms with Gasteiger partial charge in [0.1, 0.15) is 22.7 Å². The fourth-order valence-electron chi connectivity index (χ4n) is 5.78. The maximum atomic E-state index is 13.4. The molecule has 0 atom stereocenters. The van der Waals surface area contributed by atoms with Crippen molar-refractivity contribution in [3.63, 3.8) is 0 Å². The molecule has 0 saturated heterocycles. The van der Waals surface area contributed by atoms with Gasteiger partial charge in [0, 0.05) is 31.7 Å². The summed E-state index contributed by atoms with van der Waals surface area (Å²) in [5.74, 6) is -0.0377. The van der Waals surface area contributed by atoms with E-state index in [9.17, 15) is 14.4 Å². The van der Waals surface area contributed by atoms with Crippen molar-refractivity contribution in [1.82, 2.24) is 38.7 Å². The van der Waals surface area contributed by atoms with Crippen LogP contribution in [0, 0.1) is 13.8 Å². The number of primary amides is 1. The Bertz CT molecular complexity index is 2250. The highest BCUT2D eigenvalue weighted by Crippen LogP contribution is 2.29. The van der Waals surface area contributed by atoms with Crippen molar-refractivity contribution in [2.75, 3.05) is 17.7 Å². The summed E-state index contributed by atoms with van der Waals surface area (Å²) in [4.78, 5) is 48.0. The van der Waals surface area contributed by atoms with Crippen LogP contribution in [-0.2, 0) is 26.2 Å². The van der Waals surface area contributed by atoms with Crippen LogP contribution in [0.5, 0.6) is 5.75 Å². The summed E-state index contributed by atoms with van der Waals surface area (Å²) in [7, 11) is 1.58. The number of nitrogens with one attached hydrogen (secondary N) is 2. The number of carbonyl (C=O) groups is 3. The topological polar surface area (TPSA) is 182 Å². The van der Waals surface area contributed by atoms with Crippen LogP contribution in [0.15, 0.2) is 60.7 Å². The summed E-state index contributed by atoms with van der Waals surface area (Å²) in [5.41, 5.74) is 10.7. The number of aromatic nitrogens is 8. The monoisotopic (exact) mass is 663 g/mol. The van der Waals surface area contributed by atoms with E-state index in [2.05, 4.69) is 25.8 Å². The van der Waals surface area contributed by atoms with E-state index in [1.165, 1.54) is 0 Å². The predicted molar refractivity (Wildman–Crippen MR) is 185 cm³/mol. The number of allylic oxidation sites excluding steroid dienone is 2. The molecule has 6 aromatic rings. The van der Waals surface area contributed by atoms with Crippen LogP contribution in [0.2, 0.25) is 0 Å². The molecule has 0 saturated carbocycles. The molecule has 0 fully saturated rings. The first-order chi connectivity index (χ1) is 23.6. The summed E-state index contributed by atoms with van der Waals surface area (Å²) < 4.78 is 12.6. The van der Waals surface area contributed by atoms with E-state index in [1.807, 2.05) is 67.2 Å². The van der Waals surface area contributed by atoms with Crippen LogP contribution >= 0.6 is 0 Å². The van der Waals surface area contributed by atoms with E-state index >= 15 is 0 Å². The average Bonchev–Trinajstić information content (AvgIpc) is 3.84. The van der Waals surface area contributed by atoms with Crippen molar-refractivity contribution in [3.8, 4) is 5.75 Å². The van der Waals surface area contributed by atoms with Gasteiger partial charge in [-0.3, -0.25) is 34.4 Å². The molecule has 0 unspecified atom stereocenters. The Labute approximate surface area is 281 Å². The van der Waals surface area contributed by atoms with Crippen molar-refractivity contribution in [2.24, 2.45) is 5.73 Å². The lowest BCUT2D eigenvalue weighted by Crippen LogP contribution is -2.20. The molecule has 2 aromatic carbocycles. The van der Waals surface area contributed by atoms with Crippen LogP contribution in [-0.4, -0.2) is 63.5 Å². The highest BCUT2D eigenvalue weighted by molar-refractivity contribution is 6.04. The fraction of sp³-hybridized carbons (Fsp3) is 0.265. The lowest BCUT2D eigenvalue weighted by molar-refractivity contribution is 0.0995. The molecule has 6 rings (SSSR count). The van der Waals surface area contributed by atoms with Crippen LogP contribution in [0.1, 0.15) is 56.6 Å². The van der Waals surface area contributed by atoms with Crippen LogP contribution in [0.3, 0.4) is 0 Å². The van der Waals surface area contributed by atoms with Crippen LogP contribution in [0.25, 0.3) is 22.1 Å². The lowest BCUT2D eigenvalue weighted by atomic mass is 10.2. The number of para-hydroxylation sites is 1. The first-order valence-electron chi connectivity index (χ1n) is 15.8. The summed E-state index contributed by atoms with van der Waals surface area (Å²) in [6.45, 7) is 9.20. The molecule has 0 radical (unpaired) electrons. The summed E-state index contributed by atoms with van der Waals surface area (Å²) in [6, 6.07) is 14.0. The molecule has 3 amide bonds. The second-order valence-electron chi connectivity index (χ2n) is 11.3. The Morgan fingerprint density at radius 3 is 1.94 bits per heavy atom. The Kier molecular flexibility index (Phi) is 8.98. The van der Waals surface area contributed by atoms with Gasteiger partial charge in [-0.25, -0.2) is 9.97 Å². The second-order valence-corrected chi connectivity index (χ2v) is 11.3. The molecule has 15 nitrogen and oxygen atoms in total. The Hall–Kier alpha value is -6.25. The molecule has 0 aliphatic rings. The minimum absolute atomic E-state index is 0.290. The quantitative estimate of drug-likeness (QED) is 0.162. The third kappa shape index (κ3) is 6.37. The van der Waals surface area contributed by atoms with Crippen molar-refractivity contribution in [2.45, 2.75) is 53.9 Å². The molecule has 0 aliphatic carbocycles. The van der Waals surface area contributed by atoms with Gasteiger partial charge in [0.05, 0.1) is 35.0 Å². The highest BCUT2D eigenvalue weighted by Gasteiger charge is 2.21. The van der Waals surface area contributed by atoms with Gasteiger partial charge >= 0.3 is 0 Å². The number of aryl methyl sites for hydroxylation is 4. The Balaban J connectivity index is 1.32. The molecule has 49 heavy (non-hydrogen) atoms. The van der Waals surface area contributed by atoms with Gasteiger partial charge in [0.2, 0.25) is 17.8 Å².